The highest BCUT2D eigenvalue weighted by molar-refractivity contribution is 6.33. The maximum atomic E-state index is 11.5. The maximum Gasteiger partial charge on any atom is 0.374 e. The number of Topliss-reactive ketones (excluding diaryl/α,β-unsaturated/α-hetero) is 1. The minimum Gasteiger partial charge on any atom is -0.455 e. The molecule has 0 fully saturated rings. The van der Waals surface area contributed by atoms with Crippen LogP contribution in [0.4, 0.5) is 0 Å². The van der Waals surface area contributed by atoms with Crippen LogP contribution in [0.2, 0.25) is 0 Å². The van der Waals surface area contributed by atoms with Gasteiger partial charge in [0.1, 0.15) is 6.61 Å². The predicted molar refractivity (Wildman–Crippen MR) is 74.6 cm³/mol. The van der Waals surface area contributed by atoms with E-state index in [1.54, 1.807) is 0 Å². The second-order valence-corrected chi connectivity index (χ2v) is 4.65. The van der Waals surface area contributed by atoms with Gasteiger partial charge in [-0.25, -0.2) is 4.79 Å². The Bertz CT molecular complexity index is 384. The van der Waals surface area contributed by atoms with Crippen LogP contribution in [0.25, 0.3) is 0 Å². The van der Waals surface area contributed by atoms with E-state index < -0.39 is 11.8 Å². The summed E-state index contributed by atoms with van der Waals surface area (Å²) in [6, 6.07) is 9.37. The molecule has 0 bridgehead atoms. The van der Waals surface area contributed by atoms with E-state index in [0.29, 0.717) is 6.42 Å². The molecule has 0 saturated heterocycles. The molecule has 0 radical (unpaired) electrons. The fraction of sp³-hybridized carbons (Fsp3) is 0.500. The number of carbonyl (C=O) groups excluding carboxylic acids is 2. The van der Waals surface area contributed by atoms with Gasteiger partial charge in [0, 0.05) is 6.42 Å². The van der Waals surface area contributed by atoms with E-state index >= 15 is 0 Å². The smallest absolute Gasteiger partial charge is 0.374 e. The molecule has 1 aromatic carbocycles. The van der Waals surface area contributed by atoms with Gasteiger partial charge in [-0.1, -0.05) is 62.9 Å². The fourth-order valence-electron chi connectivity index (χ4n) is 1.79. The molecule has 0 aromatic heterocycles. The highest BCUT2D eigenvalue weighted by atomic mass is 16.5. The number of unbranched alkanes of at least 4 members (excludes halogenated alkanes) is 4. The number of carbonyl (C=O) groups is 2. The first kappa shape index (κ1) is 15.4. The number of ether oxygens (including phenoxy) is 1. The van der Waals surface area contributed by atoms with Crippen LogP contribution in [0.15, 0.2) is 30.3 Å². The van der Waals surface area contributed by atoms with Gasteiger partial charge in [0.2, 0.25) is 5.78 Å². The van der Waals surface area contributed by atoms with Crippen molar-refractivity contribution < 1.29 is 14.3 Å². The van der Waals surface area contributed by atoms with Crippen molar-refractivity contribution in [1.82, 2.24) is 0 Å². The van der Waals surface area contributed by atoms with Gasteiger partial charge in [-0.15, -0.1) is 0 Å². The zero-order chi connectivity index (χ0) is 13.9. The van der Waals surface area contributed by atoms with E-state index in [2.05, 4.69) is 6.92 Å². The van der Waals surface area contributed by atoms with Crippen molar-refractivity contribution in [1.29, 1.82) is 0 Å². The summed E-state index contributed by atoms with van der Waals surface area (Å²) in [5.41, 5.74) is 0.895. The van der Waals surface area contributed by atoms with E-state index in [-0.39, 0.29) is 6.61 Å². The summed E-state index contributed by atoms with van der Waals surface area (Å²) in [4.78, 5) is 23.0. The van der Waals surface area contributed by atoms with Gasteiger partial charge in [-0.2, -0.15) is 0 Å². The third-order valence-corrected chi connectivity index (χ3v) is 2.95. The molecule has 0 amide bonds. The van der Waals surface area contributed by atoms with Gasteiger partial charge in [0.05, 0.1) is 0 Å². The fourth-order valence-corrected chi connectivity index (χ4v) is 1.79. The van der Waals surface area contributed by atoms with E-state index in [0.717, 1.165) is 24.8 Å². The van der Waals surface area contributed by atoms with Crippen LogP contribution in [0.5, 0.6) is 0 Å². The predicted octanol–water partition coefficient (Wildman–Crippen LogP) is 3.66. The molecule has 19 heavy (non-hydrogen) atoms. The van der Waals surface area contributed by atoms with Crippen LogP contribution in [0, 0.1) is 0 Å². The summed E-state index contributed by atoms with van der Waals surface area (Å²) in [5, 5.41) is 0. The van der Waals surface area contributed by atoms with Gasteiger partial charge in [-0.3, -0.25) is 4.79 Å². The van der Waals surface area contributed by atoms with Crippen LogP contribution in [0.3, 0.4) is 0 Å². The molecule has 3 nitrogen and oxygen atoms in total. The van der Waals surface area contributed by atoms with E-state index in [9.17, 15) is 9.59 Å². The summed E-state index contributed by atoms with van der Waals surface area (Å²) in [6.07, 6.45) is 5.57. The third-order valence-electron chi connectivity index (χ3n) is 2.95. The third kappa shape index (κ3) is 6.75. The van der Waals surface area contributed by atoms with Gasteiger partial charge in [0.15, 0.2) is 0 Å². The van der Waals surface area contributed by atoms with Crippen molar-refractivity contribution in [2.75, 3.05) is 0 Å². The summed E-state index contributed by atoms with van der Waals surface area (Å²) < 4.78 is 4.98. The van der Waals surface area contributed by atoms with Crippen molar-refractivity contribution in [2.45, 2.75) is 52.1 Å². The highest BCUT2D eigenvalue weighted by Gasteiger charge is 2.14. The summed E-state index contributed by atoms with van der Waals surface area (Å²) in [6.45, 7) is 2.31. The Balaban J connectivity index is 2.16. The van der Waals surface area contributed by atoms with Crippen molar-refractivity contribution in [3.8, 4) is 0 Å². The lowest BCUT2D eigenvalue weighted by Gasteiger charge is -2.04. The lowest BCUT2D eigenvalue weighted by Crippen LogP contribution is -2.17. The number of hydrogen-bond donors (Lipinski definition) is 0. The Morgan fingerprint density at radius 1 is 1.00 bits per heavy atom. The number of esters is 1. The van der Waals surface area contributed by atoms with Gasteiger partial charge >= 0.3 is 5.97 Å². The molecule has 1 rings (SSSR count). The molecule has 0 atom stereocenters. The molecule has 0 aliphatic heterocycles. The van der Waals surface area contributed by atoms with E-state index in [1.807, 2.05) is 30.3 Å². The molecule has 0 N–H and O–H groups in total. The standard InChI is InChI=1S/C16H22O3/c1-2-3-4-5-9-12-15(17)16(18)19-13-14-10-7-6-8-11-14/h6-8,10-11H,2-5,9,12-13H2,1H3. The molecule has 0 aliphatic carbocycles. The van der Waals surface area contributed by atoms with Gasteiger partial charge in [0.25, 0.3) is 0 Å². The SMILES string of the molecule is CCCCCCCC(=O)C(=O)OCc1ccccc1. The zero-order valence-electron chi connectivity index (χ0n) is 11.6. The van der Waals surface area contributed by atoms with Crippen LogP contribution < -0.4 is 0 Å². The maximum absolute atomic E-state index is 11.5. The first-order chi connectivity index (χ1) is 9.24. The Labute approximate surface area is 115 Å². The minimum atomic E-state index is -0.709. The second-order valence-electron chi connectivity index (χ2n) is 4.65. The van der Waals surface area contributed by atoms with Crippen molar-refractivity contribution in [3.05, 3.63) is 35.9 Å². The molecule has 0 saturated carbocycles. The lowest BCUT2D eigenvalue weighted by molar-refractivity contribution is -0.154. The number of benzene rings is 1. The Hall–Kier alpha value is -1.64. The molecule has 0 aliphatic rings. The number of hydrogen-bond acceptors (Lipinski definition) is 3. The minimum absolute atomic E-state index is 0.168. The van der Waals surface area contributed by atoms with E-state index in [4.69, 9.17) is 4.74 Å². The summed E-state index contributed by atoms with van der Waals surface area (Å²) in [5.74, 6) is -1.12. The first-order valence-electron chi connectivity index (χ1n) is 6.98. The Kier molecular flexibility index (Phi) is 7.56. The molecular weight excluding hydrogens is 240 g/mol. The Morgan fingerprint density at radius 3 is 2.37 bits per heavy atom. The lowest BCUT2D eigenvalue weighted by atomic mass is 10.1. The molecule has 0 unspecified atom stereocenters. The second kappa shape index (κ2) is 9.31. The van der Waals surface area contributed by atoms with E-state index in [1.165, 1.54) is 12.8 Å². The molecule has 0 spiro atoms. The first-order valence-corrected chi connectivity index (χ1v) is 6.98. The van der Waals surface area contributed by atoms with Crippen LogP contribution in [-0.2, 0) is 20.9 Å². The van der Waals surface area contributed by atoms with Crippen LogP contribution in [-0.4, -0.2) is 11.8 Å². The summed E-state index contributed by atoms with van der Waals surface area (Å²) >= 11 is 0. The molecule has 104 valence electrons. The molecule has 0 heterocycles. The topological polar surface area (TPSA) is 43.4 Å². The highest BCUT2D eigenvalue weighted by Crippen LogP contribution is 2.07. The van der Waals surface area contributed by atoms with Crippen molar-refractivity contribution in [2.24, 2.45) is 0 Å². The Morgan fingerprint density at radius 2 is 1.68 bits per heavy atom. The van der Waals surface area contributed by atoms with Crippen LogP contribution >= 0.6 is 0 Å². The average Bonchev–Trinajstić information content (AvgIpc) is 2.45. The molecule has 3 heteroatoms. The monoisotopic (exact) mass is 262 g/mol. The normalized spacial score (nSPS) is 10.2. The molecular formula is C16H22O3. The van der Waals surface area contributed by atoms with Gasteiger partial charge < -0.3 is 4.74 Å². The number of ketones is 1. The largest absolute Gasteiger partial charge is 0.455 e. The number of rotatable bonds is 9. The zero-order valence-corrected chi connectivity index (χ0v) is 11.6. The quantitative estimate of drug-likeness (QED) is 0.387. The average molecular weight is 262 g/mol. The van der Waals surface area contributed by atoms with Crippen LogP contribution in [0.1, 0.15) is 51.0 Å². The van der Waals surface area contributed by atoms with Crippen molar-refractivity contribution in [3.63, 3.8) is 0 Å². The summed E-state index contributed by atoms with van der Waals surface area (Å²) in [7, 11) is 0. The van der Waals surface area contributed by atoms with Gasteiger partial charge in [-0.05, 0) is 12.0 Å². The van der Waals surface area contributed by atoms with Crippen molar-refractivity contribution >= 4 is 11.8 Å². The molecule has 1 aromatic rings.